The zero-order valence-electron chi connectivity index (χ0n) is 11.6. The van der Waals surface area contributed by atoms with Crippen LogP contribution < -0.4 is 0 Å². The predicted molar refractivity (Wildman–Crippen MR) is 75.6 cm³/mol. The highest BCUT2D eigenvalue weighted by molar-refractivity contribution is 6.76. The molecule has 0 nitrogen and oxygen atoms in total. The molecule has 0 bridgehead atoms. The first-order valence-corrected chi connectivity index (χ1v) is 11.4. The van der Waals surface area contributed by atoms with Gasteiger partial charge in [0.1, 0.15) is 0 Å². The van der Waals surface area contributed by atoms with Crippen molar-refractivity contribution in [2.24, 2.45) is 35.0 Å². The summed E-state index contributed by atoms with van der Waals surface area (Å²) >= 11 is 0. The third-order valence-electron chi connectivity index (χ3n) is 6.52. The van der Waals surface area contributed by atoms with E-state index >= 15 is 0 Å². The lowest BCUT2D eigenvalue weighted by molar-refractivity contribution is 0.284. The molecule has 94 valence electrons. The summed E-state index contributed by atoms with van der Waals surface area (Å²) in [6.07, 6.45) is 11.5. The van der Waals surface area contributed by atoms with E-state index < -0.39 is 8.07 Å². The summed E-state index contributed by atoms with van der Waals surface area (Å²) in [7, 11) is -0.840. The van der Waals surface area contributed by atoms with Crippen LogP contribution in [0.15, 0.2) is 12.2 Å². The zero-order valence-corrected chi connectivity index (χ0v) is 12.6. The first kappa shape index (κ1) is 10.8. The van der Waals surface area contributed by atoms with E-state index in [0.29, 0.717) is 0 Å². The Morgan fingerprint density at radius 1 is 1.06 bits per heavy atom. The highest BCUT2D eigenvalue weighted by Gasteiger charge is 2.77. The van der Waals surface area contributed by atoms with Gasteiger partial charge in [-0.15, -0.1) is 0 Å². The standard InChI is InChI=1S/C16H26Si/c1-17(2,3)10-9-16-13-7-8-14(16)15(16)12-6-4-5-11(12)13/h7-8,11-15H,4-6,9-10H2,1-3H3/t11?,12?,13?,14?,15?,16-/m0/s1. The molecule has 0 aromatic rings. The summed E-state index contributed by atoms with van der Waals surface area (Å²) in [4.78, 5) is 0. The molecule has 0 saturated heterocycles. The van der Waals surface area contributed by atoms with Crippen LogP contribution in [-0.2, 0) is 0 Å². The molecule has 6 atom stereocenters. The highest BCUT2D eigenvalue weighted by atomic mass is 28.3. The van der Waals surface area contributed by atoms with Crippen molar-refractivity contribution < 1.29 is 0 Å². The first-order chi connectivity index (χ1) is 8.04. The summed E-state index contributed by atoms with van der Waals surface area (Å²) in [6, 6.07) is 1.57. The SMILES string of the molecule is C[Si](C)(C)CC[C@]12C3C=CC1C2C1CCCC13. The Balaban J connectivity index is 1.57. The van der Waals surface area contributed by atoms with Gasteiger partial charge in [0, 0.05) is 8.07 Å². The van der Waals surface area contributed by atoms with E-state index in [-0.39, 0.29) is 0 Å². The highest BCUT2D eigenvalue weighted by Crippen LogP contribution is 2.82. The topological polar surface area (TPSA) is 0 Å². The Kier molecular flexibility index (Phi) is 1.97. The summed E-state index contributed by atoms with van der Waals surface area (Å²) in [5.74, 6) is 5.43. The van der Waals surface area contributed by atoms with Crippen molar-refractivity contribution in [3.8, 4) is 0 Å². The molecule has 0 spiro atoms. The van der Waals surface area contributed by atoms with Crippen LogP contribution in [0.2, 0.25) is 25.7 Å². The molecule has 3 fully saturated rings. The Morgan fingerprint density at radius 2 is 1.76 bits per heavy atom. The van der Waals surface area contributed by atoms with E-state index in [2.05, 4.69) is 31.8 Å². The Bertz CT molecular complexity index is 377. The van der Waals surface area contributed by atoms with E-state index in [1.165, 1.54) is 6.42 Å². The van der Waals surface area contributed by atoms with Gasteiger partial charge in [0.05, 0.1) is 0 Å². The van der Waals surface area contributed by atoms with Gasteiger partial charge < -0.3 is 0 Å². The normalized spacial score (nSPS) is 53.9. The van der Waals surface area contributed by atoms with Crippen LogP contribution >= 0.6 is 0 Å². The molecule has 1 heteroatoms. The molecule has 0 aromatic heterocycles. The van der Waals surface area contributed by atoms with Crippen LogP contribution in [0.3, 0.4) is 0 Å². The number of rotatable bonds is 3. The second-order valence-corrected chi connectivity index (χ2v) is 14.0. The largest absolute Gasteiger partial charge is 0.0842 e. The van der Waals surface area contributed by atoms with Crippen LogP contribution in [-0.4, -0.2) is 8.07 Å². The number of hydrogen-bond acceptors (Lipinski definition) is 0. The minimum Gasteiger partial charge on any atom is -0.0842 e. The first-order valence-electron chi connectivity index (χ1n) is 7.72. The number of fused-ring (bicyclic) bond motifs is 4. The molecular weight excluding hydrogens is 220 g/mol. The maximum atomic E-state index is 2.64. The van der Waals surface area contributed by atoms with Crippen molar-refractivity contribution in [2.45, 2.75) is 51.4 Å². The van der Waals surface area contributed by atoms with Crippen molar-refractivity contribution in [2.75, 3.05) is 0 Å². The van der Waals surface area contributed by atoms with Crippen LogP contribution in [0.4, 0.5) is 0 Å². The van der Waals surface area contributed by atoms with Gasteiger partial charge in [0.2, 0.25) is 0 Å². The fourth-order valence-corrected chi connectivity index (χ4v) is 7.07. The van der Waals surface area contributed by atoms with E-state index in [1.54, 1.807) is 25.3 Å². The monoisotopic (exact) mass is 246 g/mol. The Hall–Kier alpha value is -0.0431. The van der Waals surface area contributed by atoms with Crippen molar-refractivity contribution >= 4 is 8.07 Å². The molecule has 0 amide bonds. The van der Waals surface area contributed by atoms with Gasteiger partial charge in [0.15, 0.2) is 0 Å². The average molecular weight is 246 g/mol. The fourth-order valence-electron chi connectivity index (χ4n) is 5.89. The predicted octanol–water partition coefficient (Wildman–Crippen LogP) is 4.56. The molecule has 4 aliphatic carbocycles. The molecule has 17 heavy (non-hydrogen) atoms. The van der Waals surface area contributed by atoms with E-state index in [0.717, 1.165) is 35.0 Å². The molecule has 4 aliphatic rings. The molecular formula is C16H26Si. The molecule has 3 saturated carbocycles. The van der Waals surface area contributed by atoms with Gasteiger partial charge in [-0.1, -0.05) is 44.3 Å². The van der Waals surface area contributed by atoms with Gasteiger partial charge in [-0.25, -0.2) is 0 Å². The minimum absolute atomic E-state index is 0.816. The lowest BCUT2D eigenvalue weighted by atomic mass is 9.81. The molecule has 0 heterocycles. The summed E-state index contributed by atoms with van der Waals surface area (Å²) in [5, 5.41) is 0. The van der Waals surface area contributed by atoms with E-state index in [1.807, 2.05) is 0 Å². The zero-order chi connectivity index (χ0) is 11.8. The summed E-state index contributed by atoms with van der Waals surface area (Å²) in [5.41, 5.74) is 0.816. The molecule has 4 rings (SSSR count). The van der Waals surface area contributed by atoms with Crippen LogP contribution in [0.1, 0.15) is 25.7 Å². The molecule has 0 N–H and O–H groups in total. The number of hydrogen-bond donors (Lipinski definition) is 0. The summed E-state index contributed by atoms with van der Waals surface area (Å²) < 4.78 is 0. The smallest absolute Gasteiger partial charge is 0.0442 e. The Morgan fingerprint density at radius 3 is 2.53 bits per heavy atom. The lowest BCUT2D eigenvalue weighted by Crippen LogP contribution is -2.24. The fraction of sp³-hybridized carbons (Fsp3) is 0.875. The summed E-state index contributed by atoms with van der Waals surface area (Å²) in [6.45, 7) is 7.64. The van der Waals surface area contributed by atoms with Crippen molar-refractivity contribution in [3.05, 3.63) is 12.2 Å². The van der Waals surface area contributed by atoms with Gasteiger partial charge >= 0.3 is 0 Å². The van der Waals surface area contributed by atoms with Crippen molar-refractivity contribution in [1.29, 1.82) is 0 Å². The lowest BCUT2D eigenvalue weighted by Gasteiger charge is -2.26. The quantitative estimate of drug-likeness (QED) is 0.506. The van der Waals surface area contributed by atoms with Crippen molar-refractivity contribution in [1.82, 2.24) is 0 Å². The maximum absolute atomic E-state index is 2.64. The van der Waals surface area contributed by atoms with Gasteiger partial charge in [-0.05, 0) is 54.3 Å². The molecule has 0 radical (unpaired) electrons. The van der Waals surface area contributed by atoms with Crippen molar-refractivity contribution in [3.63, 3.8) is 0 Å². The van der Waals surface area contributed by atoms with Crippen LogP contribution in [0.5, 0.6) is 0 Å². The molecule has 0 aliphatic heterocycles. The average Bonchev–Trinajstić information content (AvgIpc) is 2.62. The number of allylic oxidation sites excluding steroid dienone is 2. The molecule has 0 aromatic carbocycles. The van der Waals surface area contributed by atoms with E-state index in [9.17, 15) is 0 Å². The Labute approximate surface area is 107 Å². The third-order valence-corrected chi connectivity index (χ3v) is 8.27. The third kappa shape index (κ3) is 1.25. The van der Waals surface area contributed by atoms with Gasteiger partial charge in [0.25, 0.3) is 0 Å². The minimum atomic E-state index is -0.840. The van der Waals surface area contributed by atoms with E-state index in [4.69, 9.17) is 0 Å². The molecule has 5 unspecified atom stereocenters. The van der Waals surface area contributed by atoms with Gasteiger partial charge in [-0.2, -0.15) is 0 Å². The second kappa shape index (κ2) is 3.10. The maximum Gasteiger partial charge on any atom is 0.0442 e. The second-order valence-electron chi connectivity index (χ2n) is 8.39. The van der Waals surface area contributed by atoms with Gasteiger partial charge in [-0.3, -0.25) is 0 Å². The van der Waals surface area contributed by atoms with Crippen LogP contribution in [0, 0.1) is 35.0 Å². The van der Waals surface area contributed by atoms with Crippen LogP contribution in [0.25, 0.3) is 0 Å².